The number of nitrogens with zero attached hydrogens (tertiary/aromatic N) is 4. The minimum absolute atomic E-state index is 0.0380. The Balaban J connectivity index is 1.44. The monoisotopic (exact) mass is 432 g/mol. The molecule has 0 saturated carbocycles. The van der Waals surface area contributed by atoms with E-state index in [4.69, 9.17) is 0 Å². The van der Waals surface area contributed by atoms with Crippen LogP contribution in [0, 0.1) is 0 Å². The molecule has 0 spiro atoms. The molecule has 4 amide bonds. The predicted molar refractivity (Wildman–Crippen MR) is 115 cm³/mol. The number of hydrogen-bond acceptors (Lipinski definition) is 4. The van der Waals surface area contributed by atoms with E-state index in [2.05, 4.69) is 0 Å². The molecule has 4 saturated heterocycles. The first-order valence-electron chi connectivity index (χ1n) is 12.2. The molecule has 172 valence electrons. The second-order valence-corrected chi connectivity index (χ2v) is 9.47. The van der Waals surface area contributed by atoms with Gasteiger partial charge in [0, 0.05) is 77.0 Å². The van der Waals surface area contributed by atoms with E-state index < -0.39 is 0 Å². The molecule has 0 aliphatic carbocycles. The van der Waals surface area contributed by atoms with Gasteiger partial charge >= 0.3 is 0 Å². The summed E-state index contributed by atoms with van der Waals surface area (Å²) in [5, 5.41) is 0. The highest BCUT2D eigenvalue weighted by Gasteiger charge is 2.35. The number of rotatable bonds is 10. The average Bonchev–Trinajstić information content (AvgIpc) is 3.53. The van der Waals surface area contributed by atoms with Crippen molar-refractivity contribution < 1.29 is 19.2 Å². The highest BCUT2D eigenvalue weighted by Crippen LogP contribution is 2.27. The zero-order valence-electron chi connectivity index (χ0n) is 18.6. The van der Waals surface area contributed by atoms with Crippen molar-refractivity contribution in [2.45, 2.75) is 82.7 Å². The highest BCUT2D eigenvalue weighted by atomic mass is 16.2. The Labute approximate surface area is 184 Å². The number of carbonyl (C=O) groups excluding carboxylic acids is 4. The van der Waals surface area contributed by atoms with E-state index in [0.29, 0.717) is 38.8 Å². The summed E-state index contributed by atoms with van der Waals surface area (Å²) in [6, 6.07) is 0.0761. The van der Waals surface area contributed by atoms with Gasteiger partial charge in [0.2, 0.25) is 23.6 Å². The molecule has 0 bridgehead atoms. The molecule has 0 aromatic rings. The van der Waals surface area contributed by atoms with Crippen LogP contribution in [0.15, 0.2) is 0 Å². The normalized spacial score (nSPS) is 24.3. The lowest BCUT2D eigenvalue weighted by atomic mass is 9.98. The van der Waals surface area contributed by atoms with E-state index >= 15 is 0 Å². The van der Waals surface area contributed by atoms with E-state index in [1.54, 1.807) is 0 Å². The van der Waals surface area contributed by atoms with Gasteiger partial charge in [-0.25, -0.2) is 0 Å². The van der Waals surface area contributed by atoms with Crippen LogP contribution in [-0.2, 0) is 19.2 Å². The molecule has 31 heavy (non-hydrogen) atoms. The van der Waals surface area contributed by atoms with Crippen molar-refractivity contribution in [3.63, 3.8) is 0 Å². The summed E-state index contributed by atoms with van der Waals surface area (Å²) >= 11 is 0. The van der Waals surface area contributed by atoms with Crippen LogP contribution in [0.5, 0.6) is 0 Å². The molecule has 0 radical (unpaired) electrons. The van der Waals surface area contributed by atoms with Gasteiger partial charge in [-0.3, -0.25) is 19.2 Å². The summed E-state index contributed by atoms with van der Waals surface area (Å²) in [4.78, 5) is 57.1. The zero-order valence-corrected chi connectivity index (χ0v) is 18.6. The summed E-state index contributed by atoms with van der Waals surface area (Å²) in [7, 11) is 0. The van der Waals surface area contributed by atoms with Crippen molar-refractivity contribution >= 4 is 23.6 Å². The van der Waals surface area contributed by atoms with E-state index in [-0.39, 0.29) is 35.7 Å². The van der Waals surface area contributed by atoms with Crippen molar-refractivity contribution in [1.29, 1.82) is 0 Å². The summed E-state index contributed by atoms with van der Waals surface area (Å²) in [6.45, 7) is 4.51. The van der Waals surface area contributed by atoms with Gasteiger partial charge in [-0.1, -0.05) is 0 Å². The Hall–Kier alpha value is -2.12. The molecule has 2 atom stereocenters. The highest BCUT2D eigenvalue weighted by molar-refractivity contribution is 5.80. The van der Waals surface area contributed by atoms with E-state index in [0.717, 1.165) is 71.1 Å². The van der Waals surface area contributed by atoms with Crippen LogP contribution >= 0.6 is 0 Å². The average molecular weight is 433 g/mol. The van der Waals surface area contributed by atoms with Crippen LogP contribution in [0.2, 0.25) is 0 Å². The maximum Gasteiger partial charge on any atom is 0.222 e. The maximum absolute atomic E-state index is 12.6. The molecule has 8 heteroatoms. The van der Waals surface area contributed by atoms with Crippen molar-refractivity contribution in [2.24, 2.45) is 0 Å². The lowest BCUT2D eigenvalue weighted by molar-refractivity contribution is -0.131. The second kappa shape index (κ2) is 10.0. The van der Waals surface area contributed by atoms with Crippen LogP contribution in [0.4, 0.5) is 0 Å². The van der Waals surface area contributed by atoms with Gasteiger partial charge in [0.25, 0.3) is 0 Å². The zero-order chi connectivity index (χ0) is 21.8. The molecule has 4 fully saturated rings. The first-order chi connectivity index (χ1) is 15.0. The Morgan fingerprint density at radius 3 is 1.26 bits per heavy atom. The summed E-state index contributed by atoms with van der Waals surface area (Å²) in [5.74, 6) is 0.813. The standard InChI is InChI=1S/C23H36N4O4/c28-20-5-1-11-24(20)15-9-18(26-13-3-7-22(26)30)17-19(27-14-4-8-23(27)31)10-16-25-12-2-6-21(25)29/h18-19H,1-17H2/t18-,19+. The van der Waals surface area contributed by atoms with Crippen LogP contribution in [0.1, 0.15) is 70.6 Å². The van der Waals surface area contributed by atoms with Crippen molar-refractivity contribution in [1.82, 2.24) is 19.6 Å². The Bertz CT molecular complexity index is 654. The molecular weight excluding hydrogens is 396 g/mol. The van der Waals surface area contributed by atoms with Gasteiger partial charge < -0.3 is 19.6 Å². The largest absolute Gasteiger partial charge is 0.343 e. The number of hydrogen-bond donors (Lipinski definition) is 0. The van der Waals surface area contributed by atoms with Crippen LogP contribution in [-0.4, -0.2) is 94.6 Å². The molecule has 0 aromatic heterocycles. The maximum atomic E-state index is 12.6. The fourth-order valence-corrected chi connectivity index (χ4v) is 5.72. The molecule has 4 aliphatic heterocycles. The quantitative estimate of drug-likeness (QED) is 0.522. The van der Waals surface area contributed by atoms with Crippen LogP contribution in [0.25, 0.3) is 0 Å². The Morgan fingerprint density at radius 1 is 0.548 bits per heavy atom. The van der Waals surface area contributed by atoms with Gasteiger partial charge in [-0.15, -0.1) is 0 Å². The fourth-order valence-electron chi connectivity index (χ4n) is 5.72. The van der Waals surface area contributed by atoms with Gasteiger partial charge in [0.1, 0.15) is 0 Å². The second-order valence-electron chi connectivity index (χ2n) is 9.47. The third-order valence-electron chi connectivity index (χ3n) is 7.45. The lowest BCUT2D eigenvalue weighted by Crippen LogP contribution is -2.46. The lowest BCUT2D eigenvalue weighted by Gasteiger charge is -2.36. The first kappa shape index (κ1) is 22.1. The third kappa shape index (κ3) is 5.21. The summed E-state index contributed by atoms with van der Waals surface area (Å²) in [6.07, 6.45) is 8.30. The molecule has 0 aromatic carbocycles. The van der Waals surface area contributed by atoms with Gasteiger partial charge in [0.15, 0.2) is 0 Å². The number of carbonyl (C=O) groups is 4. The van der Waals surface area contributed by atoms with E-state index in [1.165, 1.54) is 0 Å². The fraction of sp³-hybridized carbons (Fsp3) is 0.826. The molecular formula is C23H36N4O4. The molecule has 0 N–H and O–H groups in total. The van der Waals surface area contributed by atoms with E-state index in [9.17, 15) is 19.2 Å². The van der Waals surface area contributed by atoms with Gasteiger partial charge in [0.05, 0.1) is 0 Å². The third-order valence-corrected chi connectivity index (χ3v) is 7.45. The van der Waals surface area contributed by atoms with Gasteiger partial charge in [-0.2, -0.15) is 0 Å². The molecule has 8 nitrogen and oxygen atoms in total. The van der Waals surface area contributed by atoms with Crippen molar-refractivity contribution in [2.75, 3.05) is 39.3 Å². The Morgan fingerprint density at radius 2 is 0.935 bits per heavy atom. The van der Waals surface area contributed by atoms with E-state index in [1.807, 2.05) is 19.6 Å². The number of likely N-dealkylation sites (tertiary alicyclic amines) is 4. The van der Waals surface area contributed by atoms with Crippen molar-refractivity contribution in [3.05, 3.63) is 0 Å². The molecule has 0 unspecified atom stereocenters. The minimum atomic E-state index is 0.0380. The van der Waals surface area contributed by atoms with Crippen LogP contribution in [0.3, 0.4) is 0 Å². The Kier molecular flexibility index (Phi) is 7.13. The van der Waals surface area contributed by atoms with Gasteiger partial charge in [-0.05, 0) is 44.9 Å². The number of amides is 4. The SMILES string of the molecule is O=C1CCCN1CC[C@H](C[C@H](CCN1CCCC1=O)N1CCCC1=O)N1CCCC1=O. The van der Waals surface area contributed by atoms with Crippen LogP contribution < -0.4 is 0 Å². The topological polar surface area (TPSA) is 81.2 Å². The van der Waals surface area contributed by atoms with Crippen molar-refractivity contribution in [3.8, 4) is 0 Å². The molecule has 4 rings (SSSR count). The smallest absolute Gasteiger partial charge is 0.222 e. The summed E-state index contributed by atoms with van der Waals surface area (Å²) < 4.78 is 0. The molecule has 4 aliphatic rings. The summed E-state index contributed by atoms with van der Waals surface area (Å²) in [5.41, 5.74) is 0. The minimum Gasteiger partial charge on any atom is -0.343 e. The first-order valence-corrected chi connectivity index (χ1v) is 12.2. The predicted octanol–water partition coefficient (Wildman–Crippen LogP) is 1.38. The molecule has 4 heterocycles.